The van der Waals surface area contributed by atoms with Gasteiger partial charge in [0.05, 0.1) is 0 Å². The van der Waals surface area contributed by atoms with Crippen LogP contribution >= 0.6 is 0 Å². The number of likely N-dealkylation sites (tertiary alicyclic amines) is 1. The van der Waals surface area contributed by atoms with Gasteiger partial charge in [0, 0.05) is 42.9 Å². The van der Waals surface area contributed by atoms with Crippen molar-refractivity contribution >= 4 is 11.7 Å². The molecule has 1 amide bonds. The fourth-order valence-electron chi connectivity index (χ4n) is 2.07. The predicted octanol–water partition coefficient (Wildman–Crippen LogP) is 1.52. The Hall–Kier alpha value is -1.71. The number of carbonyl (C=O) groups is 2. The lowest BCUT2D eigenvalue weighted by Crippen LogP contribution is -2.48. The van der Waals surface area contributed by atoms with Crippen molar-refractivity contribution in [2.45, 2.75) is 20.3 Å². The average Bonchev–Trinajstić information content (AvgIpc) is 2.33. The van der Waals surface area contributed by atoms with Crippen molar-refractivity contribution in [1.29, 1.82) is 0 Å². The van der Waals surface area contributed by atoms with E-state index in [4.69, 9.17) is 0 Å². The van der Waals surface area contributed by atoms with Gasteiger partial charge in [0.1, 0.15) is 5.78 Å². The van der Waals surface area contributed by atoms with Crippen LogP contribution in [0.25, 0.3) is 0 Å². The zero-order valence-electron chi connectivity index (χ0n) is 10.1. The first-order chi connectivity index (χ1) is 8.00. The van der Waals surface area contributed by atoms with Gasteiger partial charge < -0.3 is 4.90 Å². The van der Waals surface area contributed by atoms with Crippen molar-refractivity contribution in [3.63, 3.8) is 0 Å². The number of carbonyl (C=O) groups excluding carboxylic acids is 2. The third kappa shape index (κ3) is 2.35. The SMILES string of the molecule is CC1(C)CN(C(=O)c2ccncc2)CCC1=O. The third-order valence-corrected chi connectivity index (χ3v) is 3.16. The van der Waals surface area contributed by atoms with Crippen LogP contribution < -0.4 is 0 Å². The Balaban J connectivity index is 2.15. The van der Waals surface area contributed by atoms with Gasteiger partial charge in [0.15, 0.2) is 0 Å². The number of pyridine rings is 1. The van der Waals surface area contributed by atoms with Crippen molar-refractivity contribution in [3.8, 4) is 0 Å². The lowest BCUT2D eigenvalue weighted by Gasteiger charge is -2.36. The molecule has 0 saturated carbocycles. The standard InChI is InChI=1S/C13H16N2O2/c1-13(2)9-15(8-5-11(13)16)12(17)10-3-6-14-7-4-10/h3-4,6-7H,5,8-9H2,1-2H3. The monoisotopic (exact) mass is 232 g/mol. The van der Waals surface area contributed by atoms with Crippen molar-refractivity contribution in [2.75, 3.05) is 13.1 Å². The maximum atomic E-state index is 12.2. The second-order valence-electron chi connectivity index (χ2n) is 5.02. The van der Waals surface area contributed by atoms with E-state index in [1.807, 2.05) is 13.8 Å². The first-order valence-corrected chi connectivity index (χ1v) is 5.73. The van der Waals surface area contributed by atoms with E-state index in [9.17, 15) is 9.59 Å². The maximum Gasteiger partial charge on any atom is 0.254 e. The van der Waals surface area contributed by atoms with Gasteiger partial charge in [-0.15, -0.1) is 0 Å². The minimum atomic E-state index is -0.430. The van der Waals surface area contributed by atoms with Gasteiger partial charge in [0.25, 0.3) is 5.91 Å². The number of rotatable bonds is 1. The second-order valence-corrected chi connectivity index (χ2v) is 5.02. The molecule has 0 aromatic carbocycles. The first kappa shape index (κ1) is 11.8. The van der Waals surface area contributed by atoms with Gasteiger partial charge in [-0.1, -0.05) is 13.8 Å². The number of nitrogens with zero attached hydrogens (tertiary/aromatic N) is 2. The summed E-state index contributed by atoms with van der Waals surface area (Å²) in [4.78, 5) is 29.5. The van der Waals surface area contributed by atoms with Crippen LogP contribution in [0.3, 0.4) is 0 Å². The number of amides is 1. The smallest absolute Gasteiger partial charge is 0.254 e. The Labute approximate surface area is 101 Å². The summed E-state index contributed by atoms with van der Waals surface area (Å²) in [5.74, 6) is 0.212. The van der Waals surface area contributed by atoms with E-state index in [2.05, 4.69) is 4.98 Å². The van der Waals surface area contributed by atoms with E-state index < -0.39 is 5.41 Å². The molecule has 1 aromatic heterocycles. The van der Waals surface area contributed by atoms with Crippen molar-refractivity contribution in [3.05, 3.63) is 30.1 Å². The largest absolute Gasteiger partial charge is 0.337 e. The maximum absolute atomic E-state index is 12.2. The molecule has 1 fully saturated rings. The minimum absolute atomic E-state index is 0.0204. The molecule has 1 saturated heterocycles. The summed E-state index contributed by atoms with van der Waals surface area (Å²) < 4.78 is 0. The minimum Gasteiger partial charge on any atom is -0.337 e. The van der Waals surface area contributed by atoms with E-state index in [0.717, 1.165) is 0 Å². The first-order valence-electron chi connectivity index (χ1n) is 5.73. The van der Waals surface area contributed by atoms with Crippen LogP contribution in [-0.2, 0) is 4.79 Å². The molecule has 2 rings (SSSR count). The third-order valence-electron chi connectivity index (χ3n) is 3.16. The van der Waals surface area contributed by atoms with Gasteiger partial charge in [0.2, 0.25) is 0 Å². The number of hydrogen-bond donors (Lipinski definition) is 0. The molecule has 1 aliphatic heterocycles. The van der Waals surface area contributed by atoms with Crippen molar-refractivity contribution in [1.82, 2.24) is 9.88 Å². The average molecular weight is 232 g/mol. The Kier molecular flexibility index (Phi) is 2.96. The number of hydrogen-bond acceptors (Lipinski definition) is 3. The molecule has 4 nitrogen and oxygen atoms in total. The van der Waals surface area contributed by atoms with Crippen molar-refractivity contribution in [2.24, 2.45) is 5.41 Å². The quantitative estimate of drug-likeness (QED) is 0.737. The topological polar surface area (TPSA) is 50.3 Å². The summed E-state index contributed by atoms with van der Waals surface area (Å²) in [6, 6.07) is 3.40. The molecule has 0 unspecified atom stereocenters. The summed E-state index contributed by atoms with van der Waals surface area (Å²) in [7, 11) is 0. The fraction of sp³-hybridized carbons (Fsp3) is 0.462. The Morgan fingerprint density at radius 1 is 1.35 bits per heavy atom. The van der Waals surface area contributed by atoms with Crippen LogP contribution in [0, 0.1) is 5.41 Å². The zero-order valence-corrected chi connectivity index (χ0v) is 10.1. The predicted molar refractivity (Wildman–Crippen MR) is 63.5 cm³/mol. The Morgan fingerprint density at radius 2 is 2.00 bits per heavy atom. The van der Waals surface area contributed by atoms with Gasteiger partial charge >= 0.3 is 0 Å². The van der Waals surface area contributed by atoms with Crippen LogP contribution in [-0.4, -0.2) is 34.7 Å². The van der Waals surface area contributed by atoms with E-state index in [0.29, 0.717) is 25.1 Å². The zero-order chi connectivity index (χ0) is 12.5. The van der Waals surface area contributed by atoms with Crippen molar-refractivity contribution < 1.29 is 9.59 Å². The number of aromatic nitrogens is 1. The molecule has 0 N–H and O–H groups in total. The highest BCUT2D eigenvalue weighted by Crippen LogP contribution is 2.26. The molecular weight excluding hydrogens is 216 g/mol. The lowest BCUT2D eigenvalue weighted by atomic mass is 9.82. The van der Waals surface area contributed by atoms with Gasteiger partial charge in [-0.3, -0.25) is 14.6 Å². The van der Waals surface area contributed by atoms with E-state index in [1.54, 1.807) is 29.4 Å². The molecule has 0 atom stereocenters. The molecule has 1 aromatic rings. The summed E-state index contributed by atoms with van der Waals surface area (Å²) in [6.07, 6.45) is 3.66. The van der Waals surface area contributed by atoms with Crippen LogP contribution in [0.4, 0.5) is 0 Å². The van der Waals surface area contributed by atoms with Crippen LogP contribution in [0.1, 0.15) is 30.6 Å². The Morgan fingerprint density at radius 3 is 2.59 bits per heavy atom. The number of ketones is 1. The van der Waals surface area contributed by atoms with Gasteiger partial charge in [-0.2, -0.15) is 0 Å². The summed E-state index contributed by atoms with van der Waals surface area (Å²) in [5.41, 5.74) is 0.200. The molecule has 90 valence electrons. The summed E-state index contributed by atoms with van der Waals surface area (Å²) >= 11 is 0. The molecule has 1 aliphatic rings. The number of Topliss-reactive ketones (excluding diaryl/α,β-unsaturated/α-hetero) is 1. The molecule has 4 heteroatoms. The van der Waals surface area contributed by atoms with Crippen LogP contribution in [0.2, 0.25) is 0 Å². The fourth-order valence-corrected chi connectivity index (χ4v) is 2.07. The van der Waals surface area contributed by atoms with E-state index in [1.165, 1.54) is 0 Å². The molecule has 0 spiro atoms. The second kappa shape index (κ2) is 4.28. The normalized spacial score (nSPS) is 19.2. The number of piperidine rings is 1. The van der Waals surface area contributed by atoms with Gasteiger partial charge in [-0.25, -0.2) is 0 Å². The molecule has 17 heavy (non-hydrogen) atoms. The molecule has 0 bridgehead atoms. The van der Waals surface area contributed by atoms with E-state index in [-0.39, 0.29) is 11.7 Å². The summed E-state index contributed by atoms with van der Waals surface area (Å²) in [5, 5.41) is 0. The molecule has 2 heterocycles. The molecular formula is C13H16N2O2. The van der Waals surface area contributed by atoms with Crippen LogP contribution in [0.5, 0.6) is 0 Å². The molecule has 0 radical (unpaired) electrons. The lowest BCUT2D eigenvalue weighted by molar-refractivity contribution is -0.130. The summed E-state index contributed by atoms with van der Waals surface area (Å²) in [6.45, 7) is 4.79. The highest BCUT2D eigenvalue weighted by Gasteiger charge is 2.36. The highest BCUT2D eigenvalue weighted by atomic mass is 16.2. The molecule has 0 aliphatic carbocycles. The Bertz CT molecular complexity index is 440. The van der Waals surface area contributed by atoms with Crippen LogP contribution in [0.15, 0.2) is 24.5 Å². The highest BCUT2D eigenvalue weighted by molar-refractivity contribution is 5.96. The van der Waals surface area contributed by atoms with Gasteiger partial charge in [-0.05, 0) is 12.1 Å². The van der Waals surface area contributed by atoms with E-state index >= 15 is 0 Å².